The summed E-state index contributed by atoms with van der Waals surface area (Å²) in [5.41, 5.74) is 8.11. The van der Waals surface area contributed by atoms with Gasteiger partial charge in [0.05, 0.1) is 5.56 Å². The molecule has 4 rings (SSSR count). The smallest absolute Gasteiger partial charge is 0.265 e. The molecule has 3 aromatic rings. The Balaban J connectivity index is 1.40. The zero-order valence-electron chi connectivity index (χ0n) is 19.4. The molecule has 2 atom stereocenters. The first-order valence-corrected chi connectivity index (χ1v) is 12.9. The van der Waals surface area contributed by atoms with E-state index in [9.17, 15) is 14.4 Å². The van der Waals surface area contributed by atoms with Crippen molar-refractivity contribution in [2.45, 2.75) is 39.2 Å². The van der Waals surface area contributed by atoms with Crippen molar-refractivity contribution in [2.75, 3.05) is 10.6 Å². The molecule has 0 radical (unpaired) electrons. The van der Waals surface area contributed by atoms with E-state index in [-0.39, 0.29) is 11.8 Å². The first-order valence-electron chi connectivity index (χ1n) is 11.3. The quantitative estimate of drug-likeness (QED) is 0.362. The molecule has 1 aliphatic carbocycles. The van der Waals surface area contributed by atoms with Crippen LogP contribution in [0.3, 0.4) is 0 Å². The summed E-state index contributed by atoms with van der Waals surface area (Å²) >= 11 is 4.79. The number of primary amides is 1. The first kappa shape index (κ1) is 24.9. The van der Waals surface area contributed by atoms with E-state index < -0.39 is 12.0 Å². The number of amides is 3. The molecule has 0 unspecified atom stereocenters. The maximum Gasteiger partial charge on any atom is 0.265 e. The lowest BCUT2D eigenvalue weighted by Crippen LogP contribution is -2.30. The maximum absolute atomic E-state index is 12.9. The highest BCUT2D eigenvalue weighted by Gasteiger charge is 2.27. The van der Waals surface area contributed by atoms with Crippen LogP contribution in [0.1, 0.15) is 51.4 Å². The highest BCUT2D eigenvalue weighted by Crippen LogP contribution is 2.39. The summed E-state index contributed by atoms with van der Waals surface area (Å²) in [4.78, 5) is 38.5. The monoisotopic (exact) mass is 555 g/mol. The maximum atomic E-state index is 12.9. The molecule has 35 heavy (non-hydrogen) atoms. The molecule has 0 fully saturated rings. The number of rotatable bonds is 7. The average molecular weight is 556 g/mol. The van der Waals surface area contributed by atoms with Crippen molar-refractivity contribution in [1.29, 1.82) is 0 Å². The Morgan fingerprint density at radius 3 is 2.43 bits per heavy atom. The van der Waals surface area contributed by atoms with E-state index in [1.54, 1.807) is 43.3 Å². The van der Waals surface area contributed by atoms with Gasteiger partial charge in [-0.25, -0.2) is 0 Å². The Labute approximate surface area is 216 Å². The third-order valence-corrected chi connectivity index (χ3v) is 7.59. The summed E-state index contributed by atoms with van der Waals surface area (Å²) in [6, 6.07) is 13.7. The number of nitrogens with one attached hydrogen (secondary N) is 2. The standard InChI is InChI=1S/C26H26BrN3O4S/c1-14-3-12-20-21(13-14)35-26(22(20)23(28)31)30-25(33)16-4-10-19(11-5-16)34-15(2)24(32)29-18-8-6-17(27)7-9-18/h4-11,14-15H,3,12-13H2,1-2H3,(H2,28,31)(H,29,32)(H,30,33)/t14-,15+/m1/s1. The number of fused-ring (bicyclic) bond motifs is 1. The van der Waals surface area contributed by atoms with Gasteiger partial charge in [0.25, 0.3) is 17.7 Å². The predicted molar refractivity (Wildman–Crippen MR) is 141 cm³/mol. The summed E-state index contributed by atoms with van der Waals surface area (Å²) in [5, 5.41) is 6.16. The van der Waals surface area contributed by atoms with E-state index in [2.05, 4.69) is 33.5 Å². The fourth-order valence-electron chi connectivity index (χ4n) is 3.99. The molecule has 3 amide bonds. The molecule has 1 aliphatic rings. The third kappa shape index (κ3) is 5.91. The Bertz CT molecular complexity index is 1250. The van der Waals surface area contributed by atoms with Gasteiger partial charge < -0.3 is 21.1 Å². The number of nitrogens with two attached hydrogens (primary N) is 1. The van der Waals surface area contributed by atoms with Crippen molar-refractivity contribution in [2.24, 2.45) is 11.7 Å². The van der Waals surface area contributed by atoms with Crippen molar-refractivity contribution < 1.29 is 19.1 Å². The Kier molecular flexibility index (Phi) is 7.57. The summed E-state index contributed by atoms with van der Waals surface area (Å²) in [7, 11) is 0. The number of hydrogen-bond acceptors (Lipinski definition) is 5. The number of carbonyl (C=O) groups excluding carboxylic acids is 3. The SMILES string of the molecule is C[C@@H]1CCc2c(sc(NC(=O)c3ccc(O[C@@H](C)C(=O)Nc4ccc(Br)cc4)cc3)c2C(N)=O)C1. The van der Waals surface area contributed by atoms with Crippen LogP contribution in [0.15, 0.2) is 53.0 Å². The molecule has 1 aromatic heterocycles. The predicted octanol–water partition coefficient (Wildman–Crippen LogP) is 5.39. The number of hydrogen-bond donors (Lipinski definition) is 3. The van der Waals surface area contributed by atoms with Gasteiger partial charge in [-0.2, -0.15) is 0 Å². The molecule has 182 valence electrons. The van der Waals surface area contributed by atoms with Crippen molar-refractivity contribution in [3.8, 4) is 5.75 Å². The van der Waals surface area contributed by atoms with E-state index in [4.69, 9.17) is 10.5 Å². The van der Waals surface area contributed by atoms with Crippen LogP contribution in [0.2, 0.25) is 0 Å². The van der Waals surface area contributed by atoms with Gasteiger partial charge in [0.2, 0.25) is 0 Å². The molecule has 9 heteroatoms. The van der Waals surface area contributed by atoms with Crippen LogP contribution in [0.5, 0.6) is 5.75 Å². The van der Waals surface area contributed by atoms with Gasteiger partial charge >= 0.3 is 0 Å². The topological polar surface area (TPSA) is 111 Å². The van der Waals surface area contributed by atoms with Crippen molar-refractivity contribution in [3.05, 3.63) is 74.6 Å². The second-order valence-electron chi connectivity index (χ2n) is 8.65. The zero-order chi connectivity index (χ0) is 25.1. The number of anilines is 2. The van der Waals surface area contributed by atoms with Crippen molar-refractivity contribution in [3.63, 3.8) is 0 Å². The lowest BCUT2D eigenvalue weighted by atomic mass is 9.88. The molecule has 0 saturated heterocycles. The minimum Gasteiger partial charge on any atom is -0.481 e. The van der Waals surface area contributed by atoms with E-state index in [0.29, 0.717) is 33.5 Å². The minimum absolute atomic E-state index is 0.288. The number of benzene rings is 2. The fourth-order valence-corrected chi connectivity index (χ4v) is 5.67. The van der Waals surface area contributed by atoms with E-state index in [1.165, 1.54) is 11.3 Å². The van der Waals surface area contributed by atoms with Gasteiger partial charge in [0.15, 0.2) is 6.10 Å². The van der Waals surface area contributed by atoms with E-state index >= 15 is 0 Å². The normalized spacial score (nSPS) is 15.6. The lowest BCUT2D eigenvalue weighted by Gasteiger charge is -2.18. The van der Waals surface area contributed by atoms with Crippen LogP contribution in [0, 0.1) is 5.92 Å². The van der Waals surface area contributed by atoms with Crippen LogP contribution in [0.4, 0.5) is 10.7 Å². The van der Waals surface area contributed by atoms with Crippen LogP contribution in [-0.4, -0.2) is 23.8 Å². The van der Waals surface area contributed by atoms with Crippen LogP contribution < -0.4 is 21.1 Å². The van der Waals surface area contributed by atoms with Crippen LogP contribution in [0.25, 0.3) is 0 Å². The second-order valence-corrected chi connectivity index (χ2v) is 10.7. The molecule has 0 spiro atoms. The van der Waals surface area contributed by atoms with Gasteiger partial charge in [-0.15, -0.1) is 11.3 Å². The number of halogens is 1. The third-order valence-electron chi connectivity index (χ3n) is 5.90. The van der Waals surface area contributed by atoms with Gasteiger partial charge in [0, 0.05) is 20.6 Å². The molecule has 0 saturated carbocycles. The average Bonchev–Trinajstić information content (AvgIpc) is 3.17. The van der Waals surface area contributed by atoms with Gasteiger partial charge in [-0.3, -0.25) is 14.4 Å². The molecular formula is C26H26BrN3O4S. The molecular weight excluding hydrogens is 530 g/mol. The highest BCUT2D eigenvalue weighted by molar-refractivity contribution is 9.10. The molecule has 2 aromatic carbocycles. The molecule has 4 N–H and O–H groups in total. The van der Waals surface area contributed by atoms with Gasteiger partial charge in [-0.1, -0.05) is 22.9 Å². The largest absolute Gasteiger partial charge is 0.481 e. The second kappa shape index (κ2) is 10.6. The zero-order valence-corrected chi connectivity index (χ0v) is 21.8. The van der Waals surface area contributed by atoms with Crippen molar-refractivity contribution >= 4 is 55.7 Å². The number of carbonyl (C=O) groups is 3. The van der Waals surface area contributed by atoms with Gasteiger partial charge in [0.1, 0.15) is 10.8 Å². The van der Waals surface area contributed by atoms with Crippen LogP contribution in [-0.2, 0) is 17.6 Å². The minimum atomic E-state index is -0.740. The molecule has 1 heterocycles. The summed E-state index contributed by atoms with van der Waals surface area (Å²) in [6.07, 6.45) is 1.94. The van der Waals surface area contributed by atoms with E-state index in [0.717, 1.165) is 34.2 Å². The summed E-state index contributed by atoms with van der Waals surface area (Å²) < 4.78 is 6.65. The Morgan fingerprint density at radius 1 is 1.09 bits per heavy atom. The summed E-state index contributed by atoms with van der Waals surface area (Å²) in [6.45, 7) is 3.83. The van der Waals surface area contributed by atoms with Gasteiger partial charge in [-0.05, 0) is 86.2 Å². The molecule has 0 bridgehead atoms. The van der Waals surface area contributed by atoms with Crippen LogP contribution >= 0.6 is 27.3 Å². The highest BCUT2D eigenvalue weighted by atomic mass is 79.9. The fraction of sp³-hybridized carbons (Fsp3) is 0.269. The Morgan fingerprint density at radius 2 is 1.77 bits per heavy atom. The number of ether oxygens (including phenoxy) is 1. The first-order chi connectivity index (χ1) is 16.7. The Hall–Kier alpha value is -3.17. The van der Waals surface area contributed by atoms with Crippen molar-refractivity contribution in [1.82, 2.24) is 0 Å². The number of thiophene rings is 1. The molecule has 0 aliphatic heterocycles. The lowest BCUT2D eigenvalue weighted by molar-refractivity contribution is -0.122. The van der Waals surface area contributed by atoms with E-state index in [1.807, 2.05) is 12.1 Å². The summed E-state index contributed by atoms with van der Waals surface area (Å²) in [5.74, 6) is -0.155. The molecule has 7 nitrogen and oxygen atoms in total.